The minimum absolute atomic E-state index is 0.179. The number of rotatable bonds is 4. The van der Waals surface area contributed by atoms with Crippen molar-refractivity contribution in [2.45, 2.75) is 56.9 Å². The average molecular weight is 517 g/mol. The molecule has 1 aliphatic carbocycles. The number of phenolic OH excluding ortho intramolecular Hbond substituents is 1. The van der Waals surface area contributed by atoms with Crippen molar-refractivity contribution in [3.63, 3.8) is 0 Å². The van der Waals surface area contributed by atoms with Gasteiger partial charge in [-0.15, -0.1) is 0 Å². The summed E-state index contributed by atoms with van der Waals surface area (Å²) in [5.41, 5.74) is 7.65. The van der Waals surface area contributed by atoms with Crippen LogP contribution in [0.15, 0.2) is 60.7 Å². The van der Waals surface area contributed by atoms with Crippen LogP contribution in [-0.4, -0.2) is 30.1 Å². The number of aromatic hydroxyl groups is 1. The quantitative estimate of drug-likeness (QED) is 0.314. The molecule has 0 amide bonds. The van der Waals surface area contributed by atoms with Gasteiger partial charge in [0.15, 0.2) is 0 Å². The smallest absolute Gasteiger partial charge is 0.142 e. The molecule has 0 unspecified atom stereocenters. The standard InChI is InChI=1S/C26H26N2O3.C5H10S/c1-26(2)14-22-25-19(15-28(22)21-7-5-6-8-23(21)30-3)17(11-12-20(25)27-26)18-10-9-16(29)13-24(18)31-4;6-5-3-1-2-4-5/h5-14,27,29H,15H2,1-4H3;5-6H,1-4H2. The molecule has 0 bridgehead atoms. The molecule has 2 aliphatic heterocycles. The number of methoxy groups -OCH3 is 2. The van der Waals surface area contributed by atoms with Crippen LogP contribution >= 0.6 is 12.6 Å². The van der Waals surface area contributed by atoms with Crippen LogP contribution in [0.4, 0.5) is 11.4 Å². The van der Waals surface area contributed by atoms with Crippen LogP contribution in [0.3, 0.4) is 0 Å². The average Bonchev–Trinajstić information content (AvgIpc) is 3.51. The fraction of sp³-hybridized carbons (Fsp3) is 0.355. The first-order valence-electron chi connectivity index (χ1n) is 12.9. The molecule has 0 spiro atoms. The van der Waals surface area contributed by atoms with Crippen molar-refractivity contribution in [1.82, 2.24) is 0 Å². The van der Waals surface area contributed by atoms with E-state index in [1.165, 1.54) is 42.5 Å². The number of hydrogen-bond donors (Lipinski definition) is 3. The van der Waals surface area contributed by atoms with Crippen LogP contribution < -0.4 is 19.7 Å². The van der Waals surface area contributed by atoms with Gasteiger partial charge in [-0.3, -0.25) is 0 Å². The van der Waals surface area contributed by atoms with E-state index in [-0.39, 0.29) is 11.3 Å². The molecule has 3 aromatic rings. The molecule has 194 valence electrons. The summed E-state index contributed by atoms with van der Waals surface area (Å²) in [6, 6.07) is 17.7. The van der Waals surface area contributed by atoms with E-state index < -0.39 is 0 Å². The number of thiol groups is 1. The van der Waals surface area contributed by atoms with Crippen LogP contribution in [0.25, 0.3) is 16.8 Å². The highest BCUT2D eigenvalue weighted by Crippen LogP contribution is 2.51. The normalized spacial score (nSPS) is 17.3. The molecule has 1 saturated carbocycles. The Bertz CT molecular complexity index is 1330. The lowest BCUT2D eigenvalue weighted by molar-refractivity contribution is 0.409. The lowest BCUT2D eigenvalue weighted by Crippen LogP contribution is -2.33. The Hall–Kier alpha value is -3.25. The SMILES string of the molecule is COc1cc(O)ccc1-c1ccc2c3c1CN(c1ccccc1OC)C3=CC(C)(C)N2.SC1CCCC1. The molecule has 3 aliphatic rings. The number of para-hydroxylation sites is 2. The molecule has 2 heterocycles. The van der Waals surface area contributed by atoms with Crippen molar-refractivity contribution in [2.75, 3.05) is 24.4 Å². The van der Waals surface area contributed by atoms with Crippen LogP contribution in [0.5, 0.6) is 17.2 Å². The zero-order chi connectivity index (χ0) is 26.2. The number of nitrogens with zero attached hydrogens (tertiary/aromatic N) is 1. The lowest BCUT2D eigenvalue weighted by Gasteiger charge is -2.33. The van der Waals surface area contributed by atoms with Gasteiger partial charge in [0.05, 0.1) is 25.4 Å². The van der Waals surface area contributed by atoms with E-state index in [1.54, 1.807) is 26.4 Å². The van der Waals surface area contributed by atoms with E-state index in [2.05, 4.69) is 61.0 Å². The summed E-state index contributed by atoms with van der Waals surface area (Å²) in [5.74, 6) is 1.69. The fourth-order valence-corrected chi connectivity index (χ4v) is 5.95. The van der Waals surface area contributed by atoms with Gasteiger partial charge in [0.1, 0.15) is 17.2 Å². The van der Waals surface area contributed by atoms with Crippen molar-refractivity contribution < 1.29 is 14.6 Å². The number of benzene rings is 3. The summed E-state index contributed by atoms with van der Waals surface area (Å²) >= 11 is 4.29. The first-order valence-corrected chi connectivity index (χ1v) is 13.5. The molecule has 2 N–H and O–H groups in total. The molecule has 6 rings (SSSR count). The van der Waals surface area contributed by atoms with Gasteiger partial charge in [-0.1, -0.05) is 31.0 Å². The van der Waals surface area contributed by atoms with Gasteiger partial charge in [-0.25, -0.2) is 0 Å². The Morgan fingerprint density at radius 2 is 1.65 bits per heavy atom. The molecule has 5 nitrogen and oxygen atoms in total. The Labute approximate surface area is 225 Å². The Balaban J connectivity index is 0.000000412. The molecule has 1 fully saturated rings. The molecule has 3 aromatic carbocycles. The van der Waals surface area contributed by atoms with Gasteiger partial charge in [-0.2, -0.15) is 12.6 Å². The van der Waals surface area contributed by atoms with Crippen molar-refractivity contribution in [1.29, 1.82) is 0 Å². The Morgan fingerprint density at radius 1 is 0.946 bits per heavy atom. The van der Waals surface area contributed by atoms with E-state index in [0.29, 0.717) is 12.3 Å². The summed E-state index contributed by atoms with van der Waals surface area (Å²) in [7, 11) is 3.34. The van der Waals surface area contributed by atoms with Gasteiger partial charge >= 0.3 is 0 Å². The number of anilines is 2. The highest BCUT2D eigenvalue weighted by molar-refractivity contribution is 7.80. The molecular weight excluding hydrogens is 480 g/mol. The maximum Gasteiger partial charge on any atom is 0.142 e. The summed E-state index contributed by atoms with van der Waals surface area (Å²) in [6.07, 6.45) is 7.81. The Morgan fingerprint density at radius 3 is 2.32 bits per heavy atom. The largest absolute Gasteiger partial charge is 0.508 e. The number of ether oxygens (including phenoxy) is 2. The zero-order valence-electron chi connectivity index (χ0n) is 22.0. The number of phenols is 1. The van der Waals surface area contributed by atoms with Gasteiger partial charge in [0.2, 0.25) is 0 Å². The minimum Gasteiger partial charge on any atom is -0.508 e. The fourth-order valence-electron chi connectivity index (χ4n) is 5.59. The molecule has 0 atom stereocenters. The van der Waals surface area contributed by atoms with Gasteiger partial charge in [-0.05, 0) is 74.2 Å². The summed E-state index contributed by atoms with van der Waals surface area (Å²) in [4.78, 5) is 2.33. The van der Waals surface area contributed by atoms with Crippen molar-refractivity contribution in [3.05, 3.63) is 71.8 Å². The lowest BCUT2D eigenvalue weighted by atomic mass is 9.89. The maximum atomic E-state index is 9.93. The van der Waals surface area contributed by atoms with Gasteiger partial charge < -0.3 is 24.8 Å². The third kappa shape index (κ3) is 4.99. The predicted octanol–water partition coefficient (Wildman–Crippen LogP) is 7.50. The highest BCUT2D eigenvalue weighted by atomic mass is 32.1. The van der Waals surface area contributed by atoms with Crippen LogP contribution in [-0.2, 0) is 6.54 Å². The highest BCUT2D eigenvalue weighted by Gasteiger charge is 2.37. The topological polar surface area (TPSA) is 54.0 Å². The second-order valence-electron chi connectivity index (χ2n) is 10.5. The third-order valence-electron chi connectivity index (χ3n) is 7.31. The van der Waals surface area contributed by atoms with Crippen LogP contribution in [0, 0.1) is 0 Å². The second-order valence-corrected chi connectivity index (χ2v) is 11.2. The molecule has 6 heteroatoms. The summed E-state index contributed by atoms with van der Waals surface area (Å²) in [5, 5.41) is 14.3. The molecule has 0 radical (unpaired) electrons. The second kappa shape index (κ2) is 10.3. The first-order chi connectivity index (χ1) is 17.8. The van der Waals surface area contributed by atoms with Crippen LogP contribution in [0.2, 0.25) is 0 Å². The van der Waals surface area contributed by atoms with E-state index in [4.69, 9.17) is 9.47 Å². The van der Waals surface area contributed by atoms with E-state index in [9.17, 15) is 5.11 Å². The van der Waals surface area contributed by atoms with E-state index >= 15 is 0 Å². The monoisotopic (exact) mass is 516 g/mol. The minimum atomic E-state index is -0.179. The first kappa shape index (κ1) is 25.4. The number of nitrogens with one attached hydrogen (secondary N) is 1. The summed E-state index contributed by atoms with van der Waals surface area (Å²) in [6.45, 7) is 5.07. The van der Waals surface area contributed by atoms with Crippen molar-refractivity contribution >= 4 is 29.7 Å². The molecule has 0 saturated heterocycles. The molecule has 0 aromatic heterocycles. The van der Waals surface area contributed by atoms with Crippen molar-refractivity contribution in [3.8, 4) is 28.4 Å². The summed E-state index contributed by atoms with van der Waals surface area (Å²) < 4.78 is 11.3. The molecule has 37 heavy (non-hydrogen) atoms. The predicted molar refractivity (Wildman–Crippen MR) is 156 cm³/mol. The van der Waals surface area contributed by atoms with E-state index in [1.807, 2.05) is 24.3 Å². The third-order valence-corrected chi connectivity index (χ3v) is 7.82. The van der Waals surface area contributed by atoms with E-state index in [0.717, 1.165) is 33.5 Å². The van der Waals surface area contributed by atoms with Crippen molar-refractivity contribution in [2.24, 2.45) is 0 Å². The van der Waals surface area contributed by atoms with Gasteiger partial charge in [0, 0.05) is 40.4 Å². The van der Waals surface area contributed by atoms with Gasteiger partial charge in [0.25, 0.3) is 0 Å². The maximum absolute atomic E-state index is 9.93. The Kier molecular flexibility index (Phi) is 7.04. The van der Waals surface area contributed by atoms with Crippen LogP contribution in [0.1, 0.15) is 50.7 Å². The zero-order valence-corrected chi connectivity index (χ0v) is 22.9. The molecular formula is C31H36N2O3S. The number of hydrogen-bond acceptors (Lipinski definition) is 6.